The largest absolute Gasteiger partial charge is 0.504 e. The molecule has 0 atom stereocenters. The summed E-state index contributed by atoms with van der Waals surface area (Å²) < 4.78 is 5.06. The maximum atomic E-state index is 11.2. The first kappa shape index (κ1) is 11.3. The normalized spacial score (nSPS) is 10.7. The summed E-state index contributed by atoms with van der Waals surface area (Å²) in [5.74, 6) is 0.475. The standard InChI is InChI=1S/C11H10INO3/c1-5-3-6-4-7(11(12)15)13-8(6)10(16-2)9(5)14/h3-4,13-14H,1-2H3. The van der Waals surface area contributed by atoms with Crippen LogP contribution in [0.5, 0.6) is 11.5 Å². The lowest BCUT2D eigenvalue weighted by Gasteiger charge is -2.07. The maximum absolute atomic E-state index is 11.2. The Morgan fingerprint density at radius 1 is 1.50 bits per heavy atom. The number of H-pyrrole nitrogens is 1. The Labute approximate surface area is 106 Å². The van der Waals surface area contributed by atoms with Gasteiger partial charge in [-0.2, -0.15) is 0 Å². The maximum Gasteiger partial charge on any atom is 0.238 e. The molecule has 0 aliphatic heterocycles. The van der Waals surface area contributed by atoms with Crippen molar-refractivity contribution in [1.82, 2.24) is 4.98 Å². The van der Waals surface area contributed by atoms with Crippen LogP contribution in [-0.4, -0.2) is 21.0 Å². The highest BCUT2D eigenvalue weighted by Gasteiger charge is 2.15. The van der Waals surface area contributed by atoms with Gasteiger partial charge in [0.15, 0.2) is 11.5 Å². The van der Waals surface area contributed by atoms with E-state index in [1.54, 1.807) is 35.6 Å². The van der Waals surface area contributed by atoms with Crippen LogP contribution in [0.15, 0.2) is 12.1 Å². The van der Waals surface area contributed by atoms with Crippen molar-refractivity contribution >= 4 is 37.3 Å². The quantitative estimate of drug-likeness (QED) is 0.657. The third-order valence-electron chi connectivity index (χ3n) is 2.45. The molecule has 1 aromatic heterocycles. The predicted molar refractivity (Wildman–Crippen MR) is 69.6 cm³/mol. The van der Waals surface area contributed by atoms with Crippen molar-refractivity contribution in [2.45, 2.75) is 6.92 Å². The second-order valence-electron chi connectivity index (χ2n) is 3.50. The van der Waals surface area contributed by atoms with Crippen molar-refractivity contribution in [1.29, 1.82) is 0 Å². The van der Waals surface area contributed by atoms with Crippen LogP contribution in [0.3, 0.4) is 0 Å². The zero-order valence-electron chi connectivity index (χ0n) is 8.80. The van der Waals surface area contributed by atoms with Gasteiger partial charge in [-0.05, 0) is 24.6 Å². The van der Waals surface area contributed by atoms with E-state index in [4.69, 9.17) is 4.74 Å². The van der Waals surface area contributed by atoms with Crippen LogP contribution < -0.4 is 4.74 Å². The van der Waals surface area contributed by atoms with Crippen LogP contribution in [0.1, 0.15) is 16.1 Å². The average Bonchev–Trinajstić information content (AvgIpc) is 2.63. The lowest BCUT2D eigenvalue weighted by molar-refractivity contribution is 0.110. The van der Waals surface area contributed by atoms with Gasteiger partial charge in [0.2, 0.25) is 3.79 Å². The Hall–Kier alpha value is -1.24. The number of nitrogens with one attached hydrogen (secondary N) is 1. The van der Waals surface area contributed by atoms with Gasteiger partial charge in [-0.1, -0.05) is 0 Å². The highest BCUT2D eigenvalue weighted by Crippen LogP contribution is 2.37. The summed E-state index contributed by atoms with van der Waals surface area (Å²) in [6, 6.07) is 3.56. The first-order valence-electron chi connectivity index (χ1n) is 4.63. The van der Waals surface area contributed by atoms with Gasteiger partial charge in [0.05, 0.1) is 18.3 Å². The minimum atomic E-state index is -0.0759. The number of benzene rings is 1. The topological polar surface area (TPSA) is 62.3 Å². The number of hydrogen-bond donors (Lipinski definition) is 2. The van der Waals surface area contributed by atoms with Crippen molar-refractivity contribution in [3.05, 3.63) is 23.4 Å². The van der Waals surface area contributed by atoms with Gasteiger partial charge in [-0.15, -0.1) is 0 Å². The van der Waals surface area contributed by atoms with Gasteiger partial charge in [0, 0.05) is 28.0 Å². The van der Waals surface area contributed by atoms with Gasteiger partial charge in [0.25, 0.3) is 0 Å². The molecule has 0 bridgehead atoms. The molecule has 0 unspecified atom stereocenters. The SMILES string of the molecule is COc1c(O)c(C)cc2cc(C(=O)I)[nH]c12. The molecule has 0 aliphatic carbocycles. The minimum absolute atomic E-state index is 0.0759. The summed E-state index contributed by atoms with van der Waals surface area (Å²) in [5.41, 5.74) is 1.86. The molecule has 0 fully saturated rings. The zero-order valence-corrected chi connectivity index (χ0v) is 11.0. The molecule has 5 heteroatoms. The van der Waals surface area contributed by atoms with E-state index in [1.165, 1.54) is 7.11 Å². The Bertz CT molecular complexity index is 574. The molecule has 2 aromatic rings. The van der Waals surface area contributed by atoms with E-state index in [9.17, 15) is 9.90 Å². The molecule has 0 spiro atoms. The summed E-state index contributed by atoms with van der Waals surface area (Å²) in [6.07, 6.45) is 0. The monoisotopic (exact) mass is 331 g/mol. The van der Waals surface area contributed by atoms with Gasteiger partial charge >= 0.3 is 0 Å². The molecular weight excluding hydrogens is 321 g/mol. The first-order valence-corrected chi connectivity index (χ1v) is 5.71. The van der Waals surface area contributed by atoms with Crippen molar-refractivity contribution in [3.8, 4) is 11.5 Å². The molecule has 2 N–H and O–H groups in total. The summed E-state index contributed by atoms with van der Waals surface area (Å²) in [4.78, 5) is 14.2. The number of methoxy groups -OCH3 is 1. The molecule has 1 aromatic carbocycles. The van der Waals surface area contributed by atoms with Gasteiger partial charge in [-0.25, -0.2) is 0 Å². The van der Waals surface area contributed by atoms with Gasteiger partial charge in [-0.3, -0.25) is 4.79 Å². The number of fused-ring (bicyclic) bond motifs is 1. The number of carbonyl (C=O) groups is 1. The third-order valence-corrected chi connectivity index (χ3v) is 3.03. The summed E-state index contributed by atoms with van der Waals surface area (Å²) >= 11 is 1.71. The number of ether oxygens (including phenoxy) is 1. The van der Waals surface area contributed by atoms with Crippen LogP contribution in [0.2, 0.25) is 0 Å². The number of phenols is 1. The second kappa shape index (κ2) is 3.97. The number of halogens is 1. The number of aromatic amines is 1. The molecular formula is C11H10INO3. The zero-order chi connectivity index (χ0) is 11.9. The van der Waals surface area contributed by atoms with E-state index in [1.807, 2.05) is 6.07 Å². The molecule has 0 radical (unpaired) electrons. The number of phenolic OH excluding ortho intramolecular Hbond substituents is 1. The second-order valence-corrected chi connectivity index (χ2v) is 4.48. The Morgan fingerprint density at radius 2 is 2.19 bits per heavy atom. The predicted octanol–water partition coefficient (Wildman–Crippen LogP) is 2.77. The molecule has 0 saturated heterocycles. The van der Waals surface area contributed by atoms with E-state index < -0.39 is 0 Å². The van der Waals surface area contributed by atoms with E-state index in [-0.39, 0.29) is 9.54 Å². The van der Waals surface area contributed by atoms with Crippen molar-refractivity contribution in [2.75, 3.05) is 7.11 Å². The molecule has 0 saturated carbocycles. The fourth-order valence-corrected chi connectivity index (χ4v) is 1.97. The highest BCUT2D eigenvalue weighted by molar-refractivity contribution is 14.1. The van der Waals surface area contributed by atoms with E-state index in [2.05, 4.69) is 4.98 Å². The molecule has 2 rings (SSSR count). The summed E-state index contributed by atoms with van der Waals surface area (Å²) in [7, 11) is 1.49. The minimum Gasteiger partial charge on any atom is -0.504 e. The van der Waals surface area contributed by atoms with Crippen LogP contribution in [0, 0.1) is 6.92 Å². The summed E-state index contributed by atoms with van der Waals surface area (Å²) in [6.45, 7) is 1.79. The molecule has 4 nitrogen and oxygen atoms in total. The molecule has 16 heavy (non-hydrogen) atoms. The number of carbonyl (C=O) groups excluding carboxylic acids is 1. The molecule has 84 valence electrons. The van der Waals surface area contributed by atoms with Crippen molar-refractivity contribution in [2.24, 2.45) is 0 Å². The number of rotatable bonds is 2. The molecule has 0 aliphatic rings. The van der Waals surface area contributed by atoms with Gasteiger partial charge in [0.1, 0.15) is 0 Å². The number of aromatic nitrogens is 1. The van der Waals surface area contributed by atoms with Crippen molar-refractivity contribution < 1.29 is 14.6 Å². The number of aryl methyl sites for hydroxylation is 1. The first-order chi connectivity index (χ1) is 7.54. The molecule has 0 amide bonds. The van der Waals surface area contributed by atoms with Gasteiger partial charge < -0.3 is 14.8 Å². The van der Waals surface area contributed by atoms with Crippen LogP contribution >= 0.6 is 22.6 Å². The Kier molecular flexibility index (Phi) is 2.79. The van der Waals surface area contributed by atoms with Crippen LogP contribution in [-0.2, 0) is 0 Å². The lowest BCUT2D eigenvalue weighted by Crippen LogP contribution is -1.89. The van der Waals surface area contributed by atoms with Crippen LogP contribution in [0.25, 0.3) is 10.9 Å². The number of hydrogen-bond acceptors (Lipinski definition) is 3. The third kappa shape index (κ3) is 1.64. The van der Waals surface area contributed by atoms with Crippen molar-refractivity contribution in [3.63, 3.8) is 0 Å². The van der Waals surface area contributed by atoms with E-state index >= 15 is 0 Å². The average molecular weight is 331 g/mol. The highest BCUT2D eigenvalue weighted by atomic mass is 127. The van der Waals surface area contributed by atoms with E-state index in [0.717, 1.165) is 10.9 Å². The Morgan fingerprint density at radius 3 is 2.75 bits per heavy atom. The fraction of sp³-hybridized carbons (Fsp3) is 0.182. The smallest absolute Gasteiger partial charge is 0.238 e. The fourth-order valence-electron chi connectivity index (χ4n) is 1.68. The molecule has 1 heterocycles. The number of aromatic hydroxyl groups is 1. The van der Waals surface area contributed by atoms with Crippen LogP contribution in [0.4, 0.5) is 0 Å². The Balaban J connectivity index is 2.81. The summed E-state index contributed by atoms with van der Waals surface area (Å²) in [5, 5.41) is 10.7. The van der Waals surface area contributed by atoms with E-state index in [0.29, 0.717) is 17.0 Å². The lowest BCUT2D eigenvalue weighted by atomic mass is 10.1.